The lowest BCUT2D eigenvalue weighted by Gasteiger charge is -2.42. The van der Waals surface area contributed by atoms with Crippen LogP contribution >= 0.6 is 0 Å². The first-order valence-electron chi connectivity index (χ1n) is 10.9. The fourth-order valence-electron chi connectivity index (χ4n) is 4.73. The lowest BCUT2D eigenvalue weighted by atomic mass is 9.83. The van der Waals surface area contributed by atoms with Crippen molar-refractivity contribution < 1.29 is 23.5 Å². The van der Waals surface area contributed by atoms with Gasteiger partial charge in [-0.1, -0.05) is 18.2 Å². The first kappa shape index (κ1) is 21.2. The van der Waals surface area contributed by atoms with Gasteiger partial charge in [-0.3, -0.25) is 14.6 Å². The molecular formula is C25H25N3O5. The van der Waals surface area contributed by atoms with Gasteiger partial charge in [-0.25, -0.2) is 0 Å². The van der Waals surface area contributed by atoms with E-state index in [0.29, 0.717) is 26.2 Å². The van der Waals surface area contributed by atoms with E-state index >= 15 is 0 Å². The molecule has 2 saturated heterocycles. The second kappa shape index (κ2) is 8.71. The summed E-state index contributed by atoms with van der Waals surface area (Å²) < 4.78 is 16.8. The van der Waals surface area contributed by atoms with E-state index in [2.05, 4.69) is 4.98 Å². The Morgan fingerprint density at radius 1 is 1.21 bits per heavy atom. The molecule has 5 rings (SSSR count). The van der Waals surface area contributed by atoms with Gasteiger partial charge in [0.15, 0.2) is 11.4 Å². The van der Waals surface area contributed by atoms with Gasteiger partial charge in [-0.2, -0.15) is 0 Å². The molecule has 0 N–H and O–H groups in total. The van der Waals surface area contributed by atoms with Crippen molar-refractivity contribution in [3.8, 4) is 5.75 Å². The molecule has 1 aromatic carbocycles. The summed E-state index contributed by atoms with van der Waals surface area (Å²) in [6.07, 6.45) is 4.90. The Balaban J connectivity index is 1.45. The number of aromatic nitrogens is 1. The Kier molecular flexibility index (Phi) is 5.60. The van der Waals surface area contributed by atoms with Gasteiger partial charge in [0.1, 0.15) is 5.75 Å². The van der Waals surface area contributed by atoms with Crippen LogP contribution in [0.1, 0.15) is 27.6 Å². The highest BCUT2D eigenvalue weighted by Gasteiger charge is 2.58. The molecule has 2 aliphatic heterocycles. The molecule has 0 unspecified atom stereocenters. The average Bonchev–Trinajstić information content (AvgIpc) is 3.52. The van der Waals surface area contributed by atoms with E-state index in [1.807, 2.05) is 41.3 Å². The highest BCUT2D eigenvalue weighted by atomic mass is 16.5. The maximum Gasteiger partial charge on any atom is 0.289 e. The Morgan fingerprint density at radius 2 is 2.06 bits per heavy atom. The molecule has 3 aromatic rings. The van der Waals surface area contributed by atoms with Crippen molar-refractivity contribution in [2.75, 3.05) is 33.4 Å². The zero-order valence-electron chi connectivity index (χ0n) is 18.3. The largest absolute Gasteiger partial charge is 0.497 e. The monoisotopic (exact) mass is 447 g/mol. The zero-order chi connectivity index (χ0) is 22.8. The summed E-state index contributed by atoms with van der Waals surface area (Å²) in [4.78, 5) is 34.7. The molecule has 1 spiro atoms. The van der Waals surface area contributed by atoms with Crippen molar-refractivity contribution in [3.05, 3.63) is 84.1 Å². The minimum Gasteiger partial charge on any atom is -0.497 e. The number of rotatable bonds is 5. The van der Waals surface area contributed by atoms with Crippen LogP contribution in [0.4, 0.5) is 0 Å². The van der Waals surface area contributed by atoms with Gasteiger partial charge >= 0.3 is 0 Å². The Morgan fingerprint density at radius 3 is 2.76 bits per heavy atom. The first-order chi connectivity index (χ1) is 16.1. The van der Waals surface area contributed by atoms with Crippen molar-refractivity contribution in [3.63, 3.8) is 0 Å². The molecule has 33 heavy (non-hydrogen) atoms. The normalized spacial score (nSPS) is 22.7. The fraction of sp³-hybridized carbons (Fsp3) is 0.320. The molecule has 2 aromatic heterocycles. The number of morpholine rings is 1. The summed E-state index contributed by atoms with van der Waals surface area (Å²) in [6, 6.07) is 14.7. The van der Waals surface area contributed by atoms with Crippen LogP contribution in [0.25, 0.3) is 0 Å². The van der Waals surface area contributed by atoms with Crippen LogP contribution in [0.3, 0.4) is 0 Å². The zero-order valence-corrected chi connectivity index (χ0v) is 18.3. The number of benzene rings is 1. The van der Waals surface area contributed by atoms with Gasteiger partial charge < -0.3 is 23.7 Å². The number of hydrogen-bond acceptors (Lipinski definition) is 6. The average molecular weight is 447 g/mol. The van der Waals surface area contributed by atoms with Gasteiger partial charge in [0.05, 0.1) is 26.5 Å². The van der Waals surface area contributed by atoms with Crippen LogP contribution in [0, 0.1) is 0 Å². The summed E-state index contributed by atoms with van der Waals surface area (Å²) in [6.45, 7) is 1.83. The summed E-state index contributed by atoms with van der Waals surface area (Å²) in [7, 11) is 1.62. The van der Waals surface area contributed by atoms with Crippen molar-refractivity contribution in [1.82, 2.24) is 14.8 Å². The third-order valence-corrected chi connectivity index (χ3v) is 6.40. The molecule has 2 aliphatic rings. The number of furan rings is 1. The number of ether oxygens (including phenoxy) is 2. The molecule has 4 heterocycles. The molecule has 0 radical (unpaired) electrons. The molecular weight excluding hydrogens is 422 g/mol. The van der Waals surface area contributed by atoms with Gasteiger partial charge in [0, 0.05) is 37.9 Å². The molecule has 2 fully saturated rings. The Hall–Kier alpha value is -3.65. The highest BCUT2D eigenvalue weighted by molar-refractivity contribution is 5.94. The number of amides is 2. The maximum absolute atomic E-state index is 13.9. The minimum absolute atomic E-state index is 0.117. The number of pyridine rings is 1. The van der Waals surface area contributed by atoms with Crippen LogP contribution in [0.5, 0.6) is 5.75 Å². The molecule has 0 aliphatic carbocycles. The number of nitrogens with zero attached hydrogens (tertiary/aromatic N) is 3. The number of hydrogen-bond donors (Lipinski definition) is 0. The number of carbonyl (C=O) groups excluding carboxylic acids is 2. The summed E-state index contributed by atoms with van der Waals surface area (Å²) in [5, 5.41) is 0. The van der Waals surface area contributed by atoms with Gasteiger partial charge in [0.25, 0.3) is 11.8 Å². The van der Waals surface area contributed by atoms with Crippen LogP contribution in [-0.4, -0.2) is 65.6 Å². The predicted molar refractivity (Wildman–Crippen MR) is 119 cm³/mol. The van der Waals surface area contributed by atoms with Gasteiger partial charge in [0.2, 0.25) is 0 Å². The number of carbonyl (C=O) groups is 2. The second-order valence-corrected chi connectivity index (χ2v) is 8.31. The van der Waals surface area contributed by atoms with Crippen molar-refractivity contribution in [2.24, 2.45) is 0 Å². The van der Waals surface area contributed by atoms with Crippen LogP contribution in [0.2, 0.25) is 0 Å². The molecule has 170 valence electrons. The van der Waals surface area contributed by atoms with Gasteiger partial charge in [-0.15, -0.1) is 0 Å². The van der Waals surface area contributed by atoms with Crippen LogP contribution in [-0.2, 0) is 16.1 Å². The molecule has 0 saturated carbocycles. The summed E-state index contributed by atoms with van der Waals surface area (Å²) in [5.41, 5.74) is 0.697. The van der Waals surface area contributed by atoms with E-state index in [4.69, 9.17) is 13.9 Å². The summed E-state index contributed by atoms with van der Waals surface area (Å²) >= 11 is 0. The third-order valence-electron chi connectivity index (χ3n) is 6.40. The van der Waals surface area contributed by atoms with Crippen molar-refractivity contribution in [1.29, 1.82) is 0 Å². The predicted octanol–water partition coefficient (Wildman–Crippen LogP) is 2.72. The van der Waals surface area contributed by atoms with Crippen LogP contribution in [0.15, 0.2) is 71.6 Å². The van der Waals surface area contributed by atoms with Crippen molar-refractivity contribution in [2.45, 2.75) is 18.1 Å². The Labute approximate surface area is 191 Å². The third kappa shape index (κ3) is 3.87. The van der Waals surface area contributed by atoms with Crippen LogP contribution < -0.4 is 4.74 Å². The smallest absolute Gasteiger partial charge is 0.289 e. The van der Waals surface area contributed by atoms with E-state index in [1.165, 1.54) is 6.26 Å². The fourth-order valence-corrected chi connectivity index (χ4v) is 4.73. The van der Waals surface area contributed by atoms with E-state index < -0.39 is 5.60 Å². The number of likely N-dealkylation sites (tertiary alicyclic amines) is 1. The van der Waals surface area contributed by atoms with E-state index in [-0.39, 0.29) is 30.0 Å². The molecule has 8 nitrogen and oxygen atoms in total. The molecule has 2 atom stereocenters. The van der Waals surface area contributed by atoms with Crippen molar-refractivity contribution >= 4 is 11.8 Å². The first-order valence-corrected chi connectivity index (χ1v) is 10.9. The van der Waals surface area contributed by atoms with E-state index in [9.17, 15) is 9.59 Å². The maximum atomic E-state index is 13.9. The quantitative estimate of drug-likeness (QED) is 0.598. The summed E-state index contributed by atoms with van der Waals surface area (Å²) in [5.74, 6) is 0.303. The van der Waals surface area contributed by atoms with Gasteiger partial charge in [-0.05, 0) is 41.5 Å². The lowest BCUT2D eigenvalue weighted by Crippen LogP contribution is -2.60. The minimum atomic E-state index is -1.17. The highest BCUT2D eigenvalue weighted by Crippen LogP contribution is 2.42. The Bertz CT molecular complexity index is 1120. The topological polar surface area (TPSA) is 85.1 Å². The standard InChI is InChI=1S/C25H25N3O5/c1-31-20-8-6-18(7-9-20)15-27-11-13-33-25(24(27)30)17-28(23(29)22-5-3-12-32-22)16-21(25)19-4-2-10-26-14-19/h2-10,12,14,21H,11,13,15-17H2,1H3/t21-,25-/m0/s1. The second-order valence-electron chi connectivity index (χ2n) is 8.31. The molecule has 0 bridgehead atoms. The molecule has 8 heteroatoms. The molecule has 2 amide bonds. The SMILES string of the molecule is COc1ccc(CN2CCO[C@]3(CN(C(=O)c4ccco4)C[C@H]3c3cccnc3)C2=O)cc1. The van der Waals surface area contributed by atoms with E-state index in [0.717, 1.165) is 16.9 Å². The number of methoxy groups -OCH3 is 1. The lowest BCUT2D eigenvalue weighted by molar-refractivity contribution is -0.172. The van der Waals surface area contributed by atoms with E-state index in [1.54, 1.807) is 36.5 Å².